The molecular formula is C9H10F2N2O3S. The third-order valence-corrected chi connectivity index (χ3v) is 2.83. The van der Waals surface area contributed by atoms with Crippen LogP contribution in [0.3, 0.4) is 0 Å². The highest BCUT2D eigenvalue weighted by atomic mass is 32.1. The van der Waals surface area contributed by atoms with Gasteiger partial charge in [0.25, 0.3) is 0 Å². The minimum Gasteiger partial charge on any atom is -0.394 e. The Balaban J connectivity index is 2.38. The molecule has 1 saturated heterocycles. The van der Waals surface area contributed by atoms with E-state index >= 15 is 0 Å². The molecule has 2 heterocycles. The van der Waals surface area contributed by atoms with E-state index in [0.29, 0.717) is 0 Å². The second kappa shape index (κ2) is 4.63. The highest BCUT2D eigenvalue weighted by Gasteiger charge is 2.37. The average Bonchev–Trinajstić information content (AvgIpc) is 2.65. The fourth-order valence-electron chi connectivity index (χ4n) is 1.71. The summed E-state index contributed by atoms with van der Waals surface area (Å²) in [5.41, 5.74) is -0.748. The number of hydrogen-bond acceptors (Lipinski definition) is 4. The number of nitrogens with zero attached hydrogens (tertiary/aromatic N) is 1. The summed E-state index contributed by atoms with van der Waals surface area (Å²) in [6.07, 6.45) is -2.63. The fourth-order valence-corrected chi connectivity index (χ4v) is 1.85. The number of aromatic nitrogens is 2. The van der Waals surface area contributed by atoms with Crippen molar-refractivity contribution in [1.82, 2.24) is 9.55 Å². The van der Waals surface area contributed by atoms with Crippen molar-refractivity contribution in [2.45, 2.75) is 24.9 Å². The molecule has 0 saturated carbocycles. The molecule has 2 N–H and O–H groups in total. The second-order valence-corrected chi connectivity index (χ2v) is 4.13. The molecule has 2 rings (SSSR count). The highest BCUT2D eigenvalue weighted by molar-refractivity contribution is 7.71. The van der Waals surface area contributed by atoms with E-state index in [0.717, 1.165) is 10.8 Å². The molecule has 0 spiro atoms. The largest absolute Gasteiger partial charge is 0.394 e. The van der Waals surface area contributed by atoms with Crippen LogP contribution in [-0.2, 0) is 4.74 Å². The van der Waals surface area contributed by atoms with Gasteiger partial charge in [0.1, 0.15) is 10.8 Å². The van der Waals surface area contributed by atoms with Gasteiger partial charge in [-0.2, -0.15) is 0 Å². The Morgan fingerprint density at radius 2 is 2.41 bits per heavy atom. The number of aliphatic hydroxyl groups is 1. The van der Waals surface area contributed by atoms with Crippen molar-refractivity contribution in [3.63, 3.8) is 0 Å². The van der Waals surface area contributed by atoms with Crippen molar-refractivity contribution < 1.29 is 18.6 Å². The molecule has 5 nitrogen and oxygen atoms in total. The lowest BCUT2D eigenvalue weighted by molar-refractivity contribution is -0.0398. The summed E-state index contributed by atoms with van der Waals surface area (Å²) in [6.45, 7) is -0.350. The third-order valence-electron chi connectivity index (χ3n) is 2.53. The van der Waals surface area contributed by atoms with Gasteiger partial charge in [-0.25, -0.2) is 13.6 Å². The smallest absolute Gasteiger partial charge is 0.328 e. The number of H-pyrrole nitrogens is 1. The fraction of sp³-hybridized carbons (Fsp3) is 0.556. The van der Waals surface area contributed by atoms with E-state index in [1.807, 2.05) is 0 Å². The van der Waals surface area contributed by atoms with Crippen molar-refractivity contribution in [2.24, 2.45) is 0 Å². The van der Waals surface area contributed by atoms with Gasteiger partial charge in [-0.1, -0.05) is 12.2 Å². The summed E-state index contributed by atoms with van der Waals surface area (Å²) >= 11 is 4.53. The summed E-state index contributed by atoms with van der Waals surface area (Å²) < 4.78 is 32.3. The summed E-state index contributed by atoms with van der Waals surface area (Å²) in [5.74, 6) is -0.831. The molecule has 0 radical (unpaired) electrons. The van der Waals surface area contributed by atoms with Crippen LogP contribution in [0.2, 0.25) is 0 Å². The summed E-state index contributed by atoms with van der Waals surface area (Å²) in [4.78, 5) is 13.6. The molecular weight excluding hydrogens is 254 g/mol. The number of aliphatic hydroxyl groups excluding tert-OH is 1. The quantitative estimate of drug-likeness (QED) is 0.770. The summed E-state index contributed by atoms with van der Waals surface area (Å²) in [7, 11) is 0. The predicted molar refractivity (Wildman–Crippen MR) is 56.4 cm³/mol. The van der Waals surface area contributed by atoms with Crippen molar-refractivity contribution in [1.29, 1.82) is 0 Å². The van der Waals surface area contributed by atoms with E-state index in [-0.39, 0.29) is 17.7 Å². The lowest BCUT2D eigenvalue weighted by Gasteiger charge is -2.15. The Bertz CT molecular complexity index is 530. The Hall–Kier alpha value is -1.12. The lowest BCUT2D eigenvalue weighted by Crippen LogP contribution is -2.31. The standard InChI is InChI=1S/C9H10F2N2O3S/c10-5-1-4(3-14)16-8(5)13-2-6(11)7(17)12-9(13)15/h2,4-5,8,14H,1,3H2,(H,12,15,17)/t4-,5-,8+/m0/s1. The van der Waals surface area contributed by atoms with Gasteiger partial charge in [0.15, 0.2) is 12.0 Å². The van der Waals surface area contributed by atoms with E-state index < -0.39 is 30.0 Å². The first-order valence-electron chi connectivity index (χ1n) is 4.94. The first-order valence-corrected chi connectivity index (χ1v) is 5.35. The Morgan fingerprint density at radius 1 is 1.71 bits per heavy atom. The van der Waals surface area contributed by atoms with E-state index in [2.05, 4.69) is 17.2 Å². The molecule has 1 aromatic rings. The highest BCUT2D eigenvalue weighted by Crippen LogP contribution is 2.30. The Kier molecular flexibility index (Phi) is 3.36. The lowest BCUT2D eigenvalue weighted by atomic mass is 10.2. The number of aromatic amines is 1. The van der Waals surface area contributed by atoms with Crippen LogP contribution < -0.4 is 5.69 Å². The number of nitrogens with one attached hydrogen (secondary N) is 1. The van der Waals surface area contributed by atoms with Gasteiger partial charge in [-0.05, 0) is 0 Å². The topological polar surface area (TPSA) is 67.2 Å². The minimum atomic E-state index is -1.48. The van der Waals surface area contributed by atoms with Gasteiger partial charge < -0.3 is 9.84 Å². The first kappa shape index (κ1) is 12.3. The molecule has 8 heteroatoms. The molecule has 1 fully saturated rings. The van der Waals surface area contributed by atoms with Crippen molar-refractivity contribution in [2.75, 3.05) is 6.61 Å². The zero-order valence-electron chi connectivity index (χ0n) is 8.60. The average molecular weight is 264 g/mol. The molecule has 94 valence electrons. The number of hydrogen-bond donors (Lipinski definition) is 2. The number of rotatable bonds is 2. The molecule has 3 atom stereocenters. The number of ether oxygens (including phenoxy) is 1. The molecule has 0 aromatic carbocycles. The molecule has 17 heavy (non-hydrogen) atoms. The van der Waals surface area contributed by atoms with Crippen LogP contribution in [0.4, 0.5) is 8.78 Å². The van der Waals surface area contributed by atoms with E-state index in [1.165, 1.54) is 0 Å². The van der Waals surface area contributed by atoms with E-state index in [4.69, 9.17) is 9.84 Å². The van der Waals surface area contributed by atoms with Crippen molar-refractivity contribution >= 4 is 12.2 Å². The predicted octanol–water partition coefficient (Wildman–Crippen LogP) is 0.663. The minimum absolute atomic E-state index is 0.0369. The third kappa shape index (κ3) is 2.28. The molecule has 1 aromatic heterocycles. The van der Waals surface area contributed by atoms with E-state index in [1.54, 1.807) is 0 Å². The maximum atomic E-state index is 13.6. The monoisotopic (exact) mass is 264 g/mol. The van der Waals surface area contributed by atoms with Crippen molar-refractivity contribution in [3.8, 4) is 0 Å². The summed E-state index contributed by atoms with van der Waals surface area (Å²) in [5, 5.41) is 8.84. The van der Waals surface area contributed by atoms with Crippen LogP contribution in [0.1, 0.15) is 12.6 Å². The normalized spacial score (nSPS) is 28.5. The Morgan fingerprint density at radius 3 is 3.00 bits per heavy atom. The van der Waals surface area contributed by atoms with E-state index in [9.17, 15) is 13.6 Å². The number of alkyl halides is 1. The first-order chi connectivity index (χ1) is 8.02. The number of halogens is 2. The maximum absolute atomic E-state index is 13.6. The molecule has 1 aliphatic rings. The summed E-state index contributed by atoms with van der Waals surface area (Å²) in [6, 6.07) is 0. The molecule has 0 aliphatic carbocycles. The van der Waals surface area contributed by atoms with Crippen LogP contribution in [0.5, 0.6) is 0 Å². The zero-order chi connectivity index (χ0) is 12.6. The van der Waals surface area contributed by atoms with Crippen LogP contribution in [0.25, 0.3) is 0 Å². The molecule has 0 bridgehead atoms. The zero-order valence-corrected chi connectivity index (χ0v) is 9.42. The van der Waals surface area contributed by atoms with Gasteiger partial charge >= 0.3 is 5.69 Å². The molecule has 0 unspecified atom stereocenters. The van der Waals surface area contributed by atoms with Gasteiger partial charge in [-0.15, -0.1) is 0 Å². The van der Waals surface area contributed by atoms with Crippen LogP contribution in [-0.4, -0.2) is 33.5 Å². The van der Waals surface area contributed by atoms with Gasteiger partial charge in [0.05, 0.1) is 18.9 Å². The van der Waals surface area contributed by atoms with Gasteiger partial charge in [0, 0.05) is 6.42 Å². The molecule has 1 aliphatic heterocycles. The van der Waals surface area contributed by atoms with Crippen molar-refractivity contribution in [3.05, 3.63) is 27.1 Å². The van der Waals surface area contributed by atoms with Crippen LogP contribution in [0, 0.1) is 10.5 Å². The van der Waals surface area contributed by atoms with Gasteiger partial charge in [0.2, 0.25) is 0 Å². The second-order valence-electron chi connectivity index (χ2n) is 3.73. The van der Waals surface area contributed by atoms with Crippen LogP contribution >= 0.6 is 12.2 Å². The van der Waals surface area contributed by atoms with Crippen LogP contribution in [0.15, 0.2) is 11.0 Å². The Labute approximate surface area is 99.7 Å². The maximum Gasteiger partial charge on any atom is 0.328 e. The SMILES string of the molecule is O=c1[nH]c(=S)c(F)cn1[C@@H]1O[C@H](CO)C[C@@H]1F. The molecule has 0 amide bonds. The van der Waals surface area contributed by atoms with Gasteiger partial charge in [-0.3, -0.25) is 9.55 Å².